The zero-order chi connectivity index (χ0) is 22.5. The molecule has 4 rings (SSSR count). The van der Waals surface area contributed by atoms with Crippen molar-refractivity contribution in [3.8, 4) is 0 Å². The van der Waals surface area contributed by atoms with Crippen molar-refractivity contribution >= 4 is 35.6 Å². The largest absolute Gasteiger partial charge is 0.340 e. The average Bonchev–Trinajstić information content (AvgIpc) is 3.18. The Morgan fingerprint density at radius 2 is 1.84 bits per heavy atom. The highest BCUT2D eigenvalue weighted by atomic mass is 32.2. The van der Waals surface area contributed by atoms with Gasteiger partial charge in [0.15, 0.2) is 0 Å². The summed E-state index contributed by atoms with van der Waals surface area (Å²) in [4.78, 5) is 55.1. The van der Waals surface area contributed by atoms with Crippen LogP contribution >= 0.6 is 11.8 Å². The van der Waals surface area contributed by atoms with Gasteiger partial charge in [0.25, 0.3) is 0 Å². The molecule has 4 unspecified atom stereocenters. The third-order valence-corrected chi connectivity index (χ3v) is 8.04. The van der Waals surface area contributed by atoms with Crippen molar-refractivity contribution in [1.29, 1.82) is 0 Å². The van der Waals surface area contributed by atoms with E-state index in [-0.39, 0.29) is 28.6 Å². The lowest BCUT2D eigenvalue weighted by molar-refractivity contribution is -0.151. The number of benzene rings is 1. The highest BCUT2D eigenvalue weighted by Gasteiger charge is 2.60. The van der Waals surface area contributed by atoms with E-state index in [0.29, 0.717) is 12.1 Å². The number of rotatable bonds is 4. The molecule has 2 N–H and O–H groups in total. The van der Waals surface area contributed by atoms with Crippen LogP contribution in [0, 0.1) is 0 Å². The van der Waals surface area contributed by atoms with Crippen molar-refractivity contribution in [2.45, 2.75) is 49.0 Å². The van der Waals surface area contributed by atoms with Gasteiger partial charge in [-0.1, -0.05) is 30.3 Å². The quantitative estimate of drug-likeness (QED) is 0.682. The second-order valence-corrected chi connectivity index (χ2v) is 10.4. The Morgan fingerprint density at radius 3 is 2.45 bits per heavy atom. The number of hydrogen-bond donors (Lipinski definition) is 2. The van der Waals surface area contributed by atoms with Gasteiger partial charge in [0, 0.05) is 30.9 Å². The Labute approximate surface area is 185 Å². The van der Waals surface area contributed by atoms with E-state index >= 15 is 0 Å². The van der Waals surface area contributed by atoms with Crippen molar-refractivity contribution in [2.75, 3.05) is 20.1 Å². The summed E-state index contributed by atoms with van der Waals surface area (Å²) in [5, 5.41) is 5.38. The van der Waals surface area contributed by atoms with Crippen molar-refractivity contribution in [2.24, 2.45) is 0 Å². The Kier molecular flexibility index (Phi) is 5.36. The molecule has 3 saturated heterocycles. The van der Waals surface area contributed by atoms with E-state index in [1.807, 2.05) is 17.9 Å². The van der Waals surface area contributed by atoms with E-state index in [1.54, 1.807) is 43.1 Å². The maximum Gasteiger partial charge on any atom is 0.328 e. The van der Waals surface area contributed by atoms with Crippen LogP contribution in [0.1, 0.15) is 32.4 Å². The lowest BCUT2D eigenvalue weighted by Crippen LogP contribution is -2.69. The summed E-state index contributed by atoms with van der Waals surface area (Å²) < 4.78 is -0.102. The second kappa shape index (κ2) is 7.74. The third kappa shape index (κ3) is 3.62. The van der Waals surface area contributed by atoms with Crippen LogP contribution in [0.25, 0.3) is 0 Å². The monoisotopic (exact) mass is 445 g/mol. The number of fused-ring (bicyclic) bond motifs is 1. The van der Waals surface area contributed by atoms with Crippen molar-refractivity contribution in [3.05, 3.63) is 35.9 Å². The molecule has 1 aromatic carbocycles. The number of thioether (sulfide) groups is 1. The maximum atomic E-state index is 13.2. The number of urea groups is 2. The van der Waals surface area contributed by atoms with Crippen LogP contribution in [0.3, 0.4) is 0 Å². The predicted octanol–water partition coefficient (Wildman–Crippen LogP) is 1.37. The molecule has 0 bridgehead atoms. The minimum atomic E-state index is -1.02. The first-order chi connectivity index (χ1) is 14.6. The molecule has 0 aromatic heterocycles. The van der Waals surface area contributed by atoms with Crippen LogP contribution in [0.5, 0.6) is 0 Å². The van der Waals surface area contributed by atoms with Crippen LogP contribution in [0.2, 0.25) is 0 Å². The first kappa shape index (κ1) is 21.5. The van der Waals surface area contributed by atoms with Crippen molar-refractivity contribution in [1.82, 2.24) is 25.3 Å². The molecule has 9 nitrogen and oxygen atoms in total. The van der Waals surface area contributed by atoms with Gasteiger partial charge in [0.05, 0.1) is 0 Å². The minimum absolute atomic E-state index is 0.0749. The summed E-state index contributed by atoms with van der Waals surface area (Å²) in [5.41, 5.74) is 0.574. The number of β-lactam (4-membered cyclic amide) rings is 1. The Hall–Kier alpha value is -2.75. The Morgan fingerprint density at radius 1 is 1.16 bits per heavy atom. The molecular weight excluding hydrogens is 418 g/mol. The average molecular weight is 446 g/mol. The van der Waals surface area contributed by atoms with Crippen LogP contribution < -0.4 is 10.6 Å². The molecule has 0 saturated carbocycles. The SMILES string of the molecule is CC1N2C(=O)C(NC(=O)C(NC(=O)N3CCN(C)C3=O)c3ccccc3)C2SC1(C)C. The highest BCUT2D eigenvalue weighted by molar-refractivity contribution is 8.01. The van der Waals surface area contributed by atoms with Gasteiger partial charge in [0.2, 0.25) is 11.8 Å². The van der Waals surface area contributed by atoms with Crippen molar-refractivity contribution in [3.63, 3.8) is 0 Å². The number of amides is 6. The van der Waals surface area contributed by atoms with Gasteiger partial charge in [-0.3, -0.25) is 9.59 Å². The molecule has 1 aromatic rings. The van der Waals surface area contributed by atoms with Gasteiger partial charge >= 0.3 is 12.1 Å². The van der Waals surface area contributed by atoms with Gasteiger partial charge < -0.3 is 20.4 Å². The van der Waals surface area contributed by atoms with E-state index in [1.165, 1.54) is 4.90 Å². The summed E-state index contributed by atoms with van der Waals surface area (Å²) in [7, 11) is 1.62. The molecule has 3 aliphatic heterocycles. The van der Waals surface area contributed by atoms with Gasteiger partial charge in [-0.25, -0.2) is 14.5 Å². The fourth-order valence-electron chi connectivity index (χ4n) is 4.12. The fourth-order valence-corrected chi connectivity index (χ4v) is 5.77. The smallest absolute Gasteiger partial charge is 0.328 e. The van der Waals surface area contributed by atoms with Gasteiger partial charge in [0.1, 0.15) is 17.5 Å². The van der Waals surface area contributed by atoms with E-state index in [9.17, 15) is 19.2 Å². The van der Waals surface area contributed by atoms with Crippen LogP contribution in [-0.4, -0.2) is 80.9 Å². The standard InChI is InChI=1S/C21H27N5O4S/c1-12-21(2,3)31-18-15(17(28)26(12)18)22-16(27)14(13-8-6-5-7-9-13)23-19(29)25-11-10-24(4)20(25)30/h5-9,12,14-15,18H,10-11H2,1-4H3,(H,22,27)(H,23,29). The maximum absolute atomic E-state index is 13.2. The second-order valence-electron chi connectivity index (χ2n) is 8.67. The molecular formula is C21H27N5O4S. The summed E-state index contributed by atoms with van der Waals surface area (Å²) in [6, 6.07) is 6.18. The summed E-state index contributed by atoms with van der Waals surface area (Å²) in [5.74, 6) is -0.589. The van der Waals surface area contributed by atoms with Gasteiger partial charge in [-0.05, 0) is 26.3 Å². The summed E-state index contributed by atoms with van der Waals surface area (Å²) in [6.07, 6.45) is 0. The molecule has 166 valence electrons. The molecule has 0 spiro atoms. The lowest BCUT2D eigenvalue weighted by Gasteiger charge is -2.44. The normalized spacial score (nSPS) is 27.6. The molecule has 6 amide bonds. The zero-order valence-corrected chi connectivity index (χ0v) is 18.8. The predicted molar refractivity (Wildman–Crippen MR) is 116 cm³/mol. The van der Waals surface area contributed by atoms with Gasteiger partial charge in [-0.2, -0.15) is 0 Å². The number of carbonyl (C=O) groups excluding carboxylic acids is 4. The summed E-state index contributed by atoms with van der Waals surface area (Å²) >= 11 is 1.67. The Balaban J connectivity index is 1.50. The number of hydrogen-bond acceptors (Lipinski definition) is 5. The highest BCUT2D eigenvalue weighted by Crippen LogP contribution is 2.50. The van der Waals surface area contributed by atoms with Crippen LogP contribution in [-0.2, 0) is 9.59 Å². The topological polar surface area (TPSA) is 102 Å². The number of likely N-dealkylation sites (N-methyl/N-ethyl adjacent to an activating group) is 1. The number of nitrogens with one attached hydrogen (secondary N) is 2. The molecule has 3 heterocycles. The molecule has 3 aliphatic rings. The van der Waals surface area contributed by atoms with Gasteiger partial charge in [-0.15, -0.1) is 11.8 Å². The number of carbonyl (C=O) groups is 4. The molecule has 0 aliphatic carbocycles. The molecule has 10 heteroatoms. The minimum Gasteiger partial charge on any atom is -0.340 e. The molecule has 0 radical (unpaired) electrons. The van der Waals surface area contributed by atoms with Crippen molar-refractivity contribution < 1.29 is 19.2 Å². The first-order valence-electron chi connectivity index (χ1n) is 10.3. The van der Waals surface area contributed by atoms with E-state index in [2.05, 4.69) is 24.5 Å². The van der Waals surface area contributed by atoms with Crippen LogP contribution in [0.15, 0.2) is 30.3 Å². The molecule has 3 fully saturated rings. The number of nitrogens with zero attached hydrogens (tertiary/aromatic N) is 3. The fraction of sp³-hybridized carbons (Fsp3) is 0.524. The van der Waals surface area contributed by atoms with E-state index < -0.39 is 30.1 Å². The van der Waals surface area contributed by atoms with E-state index in [4.69, 9.17) is 0 Å². The third-order valence-electron chi connectivity index (χ3n) is 6.35. The Bertz CT molecular complexity index is 924. The van der Waals surface area contributed by atoms with Crippen LogP contribution in [0.4, 0.5) is 9.59 Å². The summed E-state index contributed by atoms with van der Waals surface area (Å²) in [6.45, 7) is 6.88. The lowest BCUT2D eigenvalue weighted by atomic mass is 9.97. The molecule has 4 atom stereocenters. The van der Waals surface area contributed by atoms with E-state index in [0.717, 1.165) is 4.90 Å². The zero-order valence-electron chi connectivity index (χ0n) is 18.0. The number of imide groups is 1. The first-order valence-corrected chi connectivity index (χ1v) is 11.2. The molecule has 31 heavy (non-hydrogen) atoms.